The lowest BCUT2D eigenvalue weighted by atomic mass is 9.91. The van der Waals surface area contributed by atoms with Crippen LogP contribution in [0.25, 0.3) is 10.2 Å². The van der Waals surface area contributed by atoms with Crippen LogP contribution in [0.1, 0.15) is 17.0 Å². The van der Waals surface area contributed by atoms with Gasteiger partial charge in [0.15, 0.2) is 4.80 Å². The summed E-state index contributed by atoms with van der Waals surface area (Å²) in [6.07, 6.45) is 5.58. The van der Waals surface area contributed by atoms with E-state index >= 15 is 0 Å². The van der Waals surface area contributed by atoms with Gasteiger partial charge in [0.1, 0.15) is 0 Å². The predicted octanol–water partition coefficient (Wildman–Crippen LogP) is 5.36. The number of aromatic nitrogens is 1. The molecule has 0 unspecified atom stereocenters. The maximum atomic E-state index is 13.4. The van der Waals surface area contributed by atoms with Crippen LogP contribution in [0, 0.1) is 12.3 Å². The number of amides is 1. The third-order valence-electron chi connectivity index (χ3n) is 4.61. The first-order valence-electron chi connectivity index (χ1n) is 9.08. The monoisotopic (exact) mass is 460 g/mol. The van der Waals surface area contributed by atoms with Crippen molar-refractivity contribution in [1.29, 1.82) is 0 Å². The molecule has 0 radical (unpaired) electrons. The molecule has 3 nitrogen and oxygen atoms in total. The van der Waals surface area contributed by atoms with E-state index in [1.165, 1.54) is 11.3 Å². The average molecular weight is 461 g/mol. The van der Waals surface area contributed by atoms with E-state index in [9.17, 15) is 4.79 Å². The Bertz CT molecular complexity index is 1230. The minimum absolute atomic E-state index is 0.209. The summed E-state index contributed by atoms with van der Waals surface area (Å²) in [7, 11) is 0. The van der Waals surface area contributed by atoms with Crippen molar-refractivity contribution < 1.29 is 4.79 Å². The molecule has 0 aliphatic carbocycles. The molecule has 0 atom stereocenters. The Balaban J connectivity index is 1.87. The van der Waals surface area contributed by atoms with Crippen LogP contribution < -0.4 is 4.80 Å². The molecule has 1 aromatic heterocycles. The molecule has 0 N–H and O–H groups in total. The van der Waals surface area contributed by atoms with Crippen molar-refractivity contribution in [3.8, 4) is 12.3 Å². The van der Waals surface area contributed by atoms with Crippen molar-refractivity contribution in [1.82, 2.24) is 4.57 Å². The number of fused-ring (bicyclic) bond motifs is 1. The van der Waals surface area contributed by atoms with E-state index in [0.29, 0.717) is 11.3 Å². The van der Waals surface area contributed by atoms with E-state index in [1.54, 1.807) is 0 Å². The highest BCUT2D eigenvalue weighted by Crippen LogP contribution is 2.26. The van der Waals surface area contributed by atoms with Crippen LogP contribution in [-0.2, 0) is 11.3 Å². The number of thiazole rings is 1. The lowest BCUT2D eigenvalue weighted by Crippen LogP contribution is -2.20. The zero-order valence-corrected chi connectivity index (χ0v) is 17.9. The van der Waals surface area contributed by atoms with Crippen molar-refractivity contribution in [2.75, 3.05) is 0 Å². The van der Waals surface area contributed by atoms with Crippen molar-refractivity contribution in [2.24, 2.45) is 4.99 Å². The second-order valence-corrected chi connectivity index (χ2v) is 8.42. The molecule has 0 saturated heterocycles. The highest BCUT2D eigenvalue weighted by molar-refractivity contribution is 9.10. The van der Waals surface area contributed by atoms with E-state index < -0.39 is 5.92 Å². The van der Waals surface area contributed by atoms with Gasteiger partial charge in [-0.05, 0) is 29.3 Å². The highest BCUT2D eigenvalue weighted by Gasteiger charge is 2.22. The summed E-state index contributed by atoms with van der Waals surface area (Å²) in [6.45, 7) is 0.356. The Hall–Kier alpha value is -2.94. The average Bonchev–Trinajstić information content (AvgIpc) is 3.06. The van der Waals surface area contributed by atoms with Crippen LogP contribution in [0.4, 0.5) is 0 Å². The first-order chi connectivity index (χ1) is 14.2. The van der Waals surface area contributed by atoms with Gasteiger partial charge in [-0.2, -0.15) is 4.99 Å². The largest absolute Gasteiger partial charge is 0.305 e. The van der Waals surface area contributed by atoms with Crippen LogP contribution in [0.2, 0.25) is 0 Å². The maximum absolute atomic E-state index is 13.4. The summed E-state index contributed by atoms with van der Waals surface area (Å²) >= 11 is 4.96. The van der Waals surface area contributed by atoms with E-state index in [1.807, 2.05) is 83.4 Å². The second kappa shape index (κ2) is 8.60. The molecule has 0 aliphatic heterocycles. The summed E-state index contributed by atoms with van der Waals surface area (Å²) in [5.41, 5.74) is 2.80. The van der Waals surface area contributed by atoms with Crippen LogP contribution in [-0.4, -0.2) is 10.5 Å². The second-order valence-electron chi connectivity index (χ2n) is 6.49. The van der Waals surface area contributed by atoms with Gasteiger partial charge < -0.3 is 4.57 Å². The van der Waals surface area contributed by atoms with Gasteiger partial charge in [-0.25, -0.2) is 0 Å². The molecule has 4 aromatic rings. The highest BCUT2D eigenvalue weighted by atomic mass is 79.9. The molecular weight excluding hydrogens is 444 g/mol. The van der Waals surface area contributed by atoms with Gasteiger partial charge in [-0.15, -0.1) is 6.42 Å². The minimum atomic E-state index is -0.464. The lowest BCUT2D eigenvalue weighted by molar-refractivity contribution is -0.118. The number of rotatable bonds is 4. The Morgan fingerprint density at radius 2 is 1.66 bits per heavy atom. The summed E-state index contributed by atoms with van der Waals surface area (Å²) < 4.78 is 3.91. The van der Waals surface area contributed by atoms with Gasteiger partial charge in [0.2, 0.25) is 0 Å². The van der Waals surface area contributed by atoms with Crippen molar-refractivity contribution in [3.05, 3.63) is 99.3 Å². The van der Waals surface area contributed by atoms with E-state index in [0.717, 1.165) is 25.8 Å². The van der Waals surface area contributed by atoms with Crippen molar-refractivity contribution >= 4 is 43.4 Å². The van der Waals surface area contributed by atoms with Gasteiger partial charge in [0, 0.05) is 4.47 Å². The molecule has 142 valence electrons. The fourth-order valence-corrected chi connectivity index (χ4v) is 4.89. The molecular formula is C24H17BrN2OS. The Morgan fingerprint density at radius 3 is 2.24 bits per heavy atom. The topological polar surface area (TPSA) is 34.4 Å². The first-order valence-corrected chi connectivity index (χ1v) is 10.7. The zero-order valence-electron chi connectivity index (χ0n) is 15.5. The summed E-state index contributed by atoms with van der Waals surface area (Å²) in [4.78, 5) is 18.5. The number of nitrogens with zero attached hydrogens (tertiary/aromatic N) is 2. The summed E-state index contributed by atoms with van der Waals surface area (Å²) in [5, 5.41) is 0. The Kier molecular flexibility index (Phi) is 5.75. The third-order valence-corrected chi connectivity index (χ3v) is 6.15. The molecule has 1 heterocycles. The molecule has 0 saturated carbocycles. The van der Waals surface area contributed by atoms with Crippen LogP contribution in [0.5, 0.6) is 0 Å². The number of benzene rings is 3. The number of hydrogen-bond acceptors (Lipinski definition) is 2. The Labute approximate surface area is 181 Å². The SMILES string of the molecule is C#CCn1c(=NC(=O)C(c2ccccc2)c2ccccc2)sc2cc(Br)ccc21. The Morgan fingerprint density at radius 1 is 1.03 bits per heavy atom. The standard InChI is InChI=1S/C24H17BrN2OS/c1-2-15-27-20-14-13-19(25)16-21(20)29-24(27)26-23(28)22(17-9-5-3-6-10-17)18-11-7-4-8-12-18/h1,3-14,16,22H,15H2. The van der Waals surface area contributed by atoms with Gasteiger partial charge in [0.05, 0.1) is 22.7 Å². The molecule has 3 aromatic carbocycles. The van der Waals surface area contributed by atoms with E-state index in [2.05, 4.69) is 26.8 Å². The zero-order chi connectivity index (χ0) is 20.2. The van der Waals surface area contributed by atoms with Gasteiger partial charge in [-0.3, -0.25) is 4.79 Å². The molecule has 0 bridgehead atoms. The number of halogens is 1. The number of hydrogen-bond donors (Lipinski definition) is 0. The number of carbonyl (C=O) groups is 1. The van der Waals surface area contributed by atoms with Crippen LogP contribution in [0.3, 0.4) is 0 Å². The third kappa shape index (κ3) is 4.09. The summed E-state index contributed by atoms with van der Waals surface area (Å²) in [5.74, 6) is 2.00. The molecule has 0 fully saturated rings. The van der Waals surface area contributed by atoms with Gasteiger partial charge >= 0.3 is 0 Å². The smallest absolute Gasteiger partial charge is 0.260 e. The quantitative estimate of drug-likeness (QED) is 0.377. The van der Waals surface area contributed by atoms with E-state index in [4.69, 9.17) is 6.42 Å². The summed E-state index contributed by atoms with van der Waals surface area (Å²) in [6, 6.07) is 25.5. The molecule has 5 heteroatoms. The number of carbonyl (C=O) groups excluding carboxylic acids is 1. The number of terminal acetylenes is 1. The molecule has 4 rings (SSSR count). The molecule has 1 amide bonds. The molecule has 29 heavy (non-hydrogen) atoms. The molecule has 0 spiro atoms. The first kappa shape index (κ1) is 19.4. The maximum Gasteiger partial charge on any atom is 0.260 e. The van der Waals surface area contributed by atoms with Gasteiger partial charge in [0.25, 0.3) is 5.91 Å². The van der Waals surface area contributed by atoms with Crippen molar-refractivity contribution in [3.63, 3.8) is 0 Å². The van der Waals surface area contributed by atoms with Crippen LogP contribution >= 0.6 is 27.3 Å². The predicted molar refractivity (Wildman–Crippen MR) is 122 cm³/mol. The van der Waals surface area contributed by atoms with E-state index in [-0.39, 0.29) is 5.91 Å². The minimum Gasteiger partial charge on any atom is -0.305 e. The van der Waals surface area contributed by atoms with Crippen molar-refractivity contribution in [2.45, 2.75) is 12.5 Å². The normalized spacial score (nSPS) is 11.7. The van der Waals surface area contributed by atoms with Crippen LogP contribution in [0.15, 0.2) is 88.3 Å². The fourth-order valence-electron chi connectivity index (χ4n) is 3.30. The lowest BCUT2D eigenvalue weighted by Gasteiger charge is -2.14. The molecule has 0 aliphatic rings. The van der Waals surface area contributed by atoms with Gasteiger partial charge in [-0.1, -0.05) is 93.9 Å². The fraction of sp³-hybridized carbons (Fsp3) is 0.0833.